The Bertz CT molecular complexity index is 1020. The van der Waals surface area contributed by atoms with Crippen LogP contribution in [0.4, 0.5) is 5.69 Å². The first kappa shape index (κ1) is 26.1. The molecule has 1 saturated heterocycles. The van der Waals surface area contributed by atoms with Gasteiger partial charge in [-0.2, -0.15) is 0 Å². The molecule has 4 N–H and O–H groups in total. The summed E-state index contributed by atoms with van der Waals surface area (Å²) in [5.41, 5.74) is 7.07. The molecule has 0 unspecified atom stereocenters. The molecule has 0 radical (unpaired) electrons. The number of rotatable bonds is 10. The fourth-order valence-corrected chi connectivity index (χ4v) is 4.21. The molecule has 8 nitrogen and oxygen atoms in total. The number of likely N-dealkylation sites (tertiary alicyclic amines) is 1. The second kappa shape index (κ2) is 12.2. The Hall–Kier alpha value is -3.55. The van der Waals surface area contributed by atoms with Crippen LogP contribution in [0.1, 0.15) is 51.5 Å². The van der Waals surface area contributed by atoms with Gasteiger partial charge in [-0.1, -0.05) is 31.9 Å². The van der Waals surface area contributed by atoms with Gasteiger partial charge < -0.3 is 25.0 Å². The molecule has 35 heavy (non-hydrogen) atoms. The van der Waals surface area contributed by atoms with Crippen LogP contribution in [0, 0.1) is 10.8 Å². The number of likely N-dealkylation sites (N-methyl/N-ethyl adjacent to an activating group) is 1. The van der Waals surface area contributed by atoms with E-state index in [2.05, 4.69) is 11.8 Å². The van der Waals surface area contributed by atoms with Gasteiger partial charge >= 0.3 is 5.97 Å². The zero-order chi connectivity index (χ0) is 25.4. The van der Waals surface area contributed by atoms with Crippen molar-refractivity contribution in [1.82, 2.24) is 4.90 Å². The standard InChI is InChI=1S/C27H37N5O3/c1-4-5-9-25(31(3)21-8-6-7-20(18-21)26(29)30)27(33)35-23-12-10-22(11-13-23)34-24-14-16-32(17-15-24)19(2)28/h6-8,10-13,18,24-25,28H,4-5,9,14-17H2,1-3H3,(H3,29,30)/t25-/m0/s1. The van der Waals surface area contributed by atoms with E-state index in [9.17, 15) is 4.79 Å². The van der Waals surface area contributed by atoms with E-state index in [1.807, 2.05) is 49.2 Å². The molecule has 0 saturated carbocycles. The van der Waals surface area contributed by atoms with Crippen LogP contribution < -0.4 is 20.1 Å². The van der Waals surface area contributed by atoms with E-state index in [1.165, 1.54) is 0 Å². The quantitative estimate of drug-likeness (QED) is 0.201. The van der Waals surface area contributed by atoms with Crippen LogP contribution in [0.3, 0.4) is 0 Å². The molecule has 0 spiro atoms. The molecule has 1 heterocycles. The van der Waals surface area contributed by atoms with Crippen molar-refractivity contribution in [3.8, 4) is 11.5 Å². The number of benzene rings is 2. The first-order chi connectivity index (χ1) is 16.8. The molecule has 0 amide bonds. The summed E-state index contributed by atoms with van der Waals surface area (Å²) in [5, 5.41) is 15.4. The lowest BCUT2D eigenvalue weighted by Gasteiger charge is -2.32. The van der Waals surface area contributed by atoms with E-state index >= 15 is 0 Å². The molecular weight excluding hydrogens is 442 g/mol. The lowest BCUT2D eigenvalue weighted by Crippen LogP contribution is -2.41. The maximum absolute atomic E-state index is 13.2. The number of anilines is 1. The summed E-state index contributed by atoms with van der Waals surface area (Å²) in [5.74, 6) is 1.49. The highest BCUT2D eigenvalue weighted by molar-refractivity contribution is 5.96. The van der Waals surface area contributed by atoms with Crippen molar-refractivity contribution in [2.24, 2.45) is 5.73 Å². The molecule has 0 aliphatic carbocycles. The SMILES string of the molecule is CCCC[C@@H](C(=O)Oc1ccc(OC2CCN(C(C)=N)CC2)cc1)N(C)c1cccc(C(=N)N)c1. The lowest BCUT2D eigenvalue weighted by atomic mass is 10.1. The summed E-state index contributed by atoms with van der Waals surface area (Å²) in [4.78, 5) is 17.1. The van der Waals surface area contributed by atoms with Gasteiger partial charge in [0.05, 0.1) is 5.84 Å². The third-order valence-corrected chi connectivity index (χ3v) is 6.40. The topological polar surface area (TPSA) is 116 Å². The second-order valence-corrected chi connectivity index (χ2v) is 9.02. The smallest absolute Gasteiger partial charge is 0.334 e. The van der Waals surface area contributed by atoms with E-state index in [0.717, 1.165) is 50.2 Å². The number of carbonyl (C=O) groups excluding carboxylic acids is 1. The third-order valence-electron chi connectivity index (χ3n) is 6.40. The van der Waals surface area contributed by atoms with Crippen LogP contribution in [0.2, 0.25) is 0 Å². The number of carbonyl (C=O) groups is 1. The van der Waals surface area contributed by atoms with Crippen LogP contribution in [0.5, 0.6) is 11.5 Å². The Morgan fingerprint density at radius 1 is 1.14 bits per heavy atom. The Labute approximate surface area is 208 Å². The van der Waals surface area contributed by atoms with Crippen molar-refractivity contribution in [3.05, 3.63) is 54.1 Å². The fraction of sp³-hybridized carbons (Fsp3) is 0.444. The number of hydrogen-bond acceptors (Lipinski definition) is 6. The van der Waals surface area contributed by atoms with Crippen LogP contribution in [0.25, 0.3) is 0 Å². The fourth-order valence-electron chi connectivity index (χ4n) is 4.21. The Morgan fingerprint density at radius 2 is 1.80 bits per heavy atom. The third kappa shape index (κ3) is 7.21. The number of unbranched alkanes of at least 4 members (excludes halogenated alkanes) is 1. The molecule has 1 atom stereocenters. The maximum Gasteiger partial charge on any atom is 0.334 e. The molecule has 1 aliphatic heterocycles. The molecule has 0 bridgehead atoms. The lowest BCUT2D eigenvalue weighted by molar-refractivity contribution is -0.136. The van der Waals surface area contributed by atoms with Crippen molar-refractivity contribution < 1.29 is 14.3 Å². The highest BCUT2D eigenvalue weighted by atomic mass is 16.5. The number of ether oxygens (including phenoxy) is 2. The average molecular weight is 480 g/mol. The molecule has 1 aliphatic rings. The molecule has 2 aromatic carbocycles. The Kier molecular flexibility index (Phi) is 9.11. The number of hydrogen-bond donors (Lipinski definition) is 3. The van der Waals surface area contributed by atoms with E-state index in [1.54, 1.807) is 18.2 Å². The highest BCUT2D eigenvalue weighted by Crippen LogP contribution is 2.25. The van der Waals surface area contributed by atoms with Crippen LogP contribution in [-0.2, 0) is 4.79 Å². The van der Waals surface area contributed by atoms with Gasteiger partial charge in [-0.25, -0.2) is 4.79 Å². The van der Waals surface area contributed by atoms with Crippen LogP contribution >= 0.6 is 0 Å². The predicted octanol–water partition coefficient (Wildman–Crippen LogP) is 4.41. The molecular formula is C27H37N5O3. The summed E-state index contributed by atoms with van der Waals surface area (Å²) in [6.07, 6.45) is 4.39. The van der Waals surface area contributed by atoms with Crippen molar-refractivity contribution in [2.75, 3.05) is 25.0 Å². The normalized spacial score (nSPS) is 14.8. The number of nitrogens with two attached hydrogens (primary N) is 1. The molecule has 8 heteroatoms. The molecule has 3 rings (SSSR count). The molecule has 188 valence electrons. The minimum absolute atomic E-state index is 0.00867. The predicted molar refractivity (Wildman–Crippen MR) is 140 cm³/mol. The van der Waals surface area contributed by atoms with E-state index in [-0.39, 0.29) is 17.9 Å². The van der Waals surface area contributed by atoms with Gasteiger partial charge in [0.15, 0.2) is 0 Å². The zero-order valence-corrected chi connectivity index (χ0v) is 20.9. The highest BCUT2D eigenvalue weighted by Gasteiger charge is 2.26. The summed E-state index contributed by atoms with van der Waals surface area (Å²) < 4.78 is 11.8. The van der Waals surface area contributed by atoms with Gasteiger partial charge in [-0.3, -0.25) is 10.8 Å². The molecule has 0 aromatic heterocycles. The second-order valence-electron chi connectivity index (χ2n) is 9.02. The number of esters is 1. The number of nitrogens with zero attached hydrogens (tertiary/aromatic N) is 2. The largest absolute Gasteiger partial charge is 0.490 e. The van der Waals surface area contributed by atoms with Crippen LogP contribution in [-0.4, -0.2) is 54.8 Å². The summed E-state index contributed by atoms with van der Waals surface area (Å²) in [7, 11) is 1.86. The minimum Gasteiger partial charge on any atom is -0.490 e. The maximum atomic E-state index is 13.2. The van der Waals surface area contributed by atoms with Gasteiger partial charge in [0, 0.05) is 44.2 Å². The summed E-state index contributed by atoms with van der Waals surface area (Å²) in [6.45, 7) is 5.57. The number of amidine groups is 2. The first-order valence-electron chi connectivity index (χ1n) is 12.2. The van der Waals surface area contributed by atoms with Crippen molar-refractivity contribution >= 4 is 23.3 Å². The number of nitrogens with one attached hydrogen (secondary N) is 2. The first-order valence-corrected chi connectivity index (χ1v) is 12.2. The number of nitrogen functional groups attached to an aromatic ring is 1. The van der Waals surface area contributed by atoms with Crippen LogP contribution in [0.15, 0.2) is 48.5 Å². The molecule has 1 fully saturated rings. The van der Waals surface area contributed by atoms with E-state index in [4.69, 9.17) is 26.0 Å². The number of piperidine rings is 1. The van der Waals surface area contributed by atoms with Gasteiger partial charge in [0.1, 0.15) is 29.5 Å². The van der Waals surface area contributed by atoms with Crippen molar-refractivity contribution in [2.45, 2.75) is 58.1 Å². The molecule has 2 aromatic rings. The van der Waals surface area contributed by atoms with Gasteiger partial charge in [-0.05, 0) is 49.7 Å². The Morgan fingerprint density at radius 3 is 2.40 bits per heavy atom. The minimum atomic E-state index is -0.462. The van der Waals surface area contributed by atoms with E-state index in [0.29, 0.717) is 23.6 Å². The summed E-state index contributed by atoms with van der Waals surface area (Å²) >= 11 is 0. The van der Waals surface area contributed by atoms with Gasteiger partial charge in [-0.15, -0.1) is 0 Å². The summed E-state index contributed by atoms with van der Waals surface area (Å²) in [6, 6.07) is 14.0. The Balaban J connectivity index is 1.62. The monoisotopic (exact) mass is 479 g/mol. The van der Waals surface area contributed by atoms with Crippen molar-refractivity contribution in [3.63, 3.8) is 0 Å². The zero-order valence-electron chi connectivity index (χ0n) is 20.9. The average Bonchev–Trinajstić information content (AvgIpc) is 2.85. The van der Waals surface area contributed by atoms with E-state index < -0.39 is 6.04 Å². The van der Waals surface area contributed by atoms with Gasteiger partial charge in [0.2, 0.25) is 0 Å². The van der Waals surface area contributed by atoms with Crippen molar-refractivity contribution in [1.29, 1.82) is 10.8 Å². The van der Waals surface area contributed by atoms with Gasteiger partial charge in [0.25, 0.3) is 0 Å².